The molecule has 0 unspecified atom stereocenters. The predicted molar refractivity (Wildman–Crippen MR) is 72.8 cm³/mol. The van der Waals surface area contributed by atoms with E-state index in [1.807, 2.05) is 0 Å². The second-order valence-electron chi connectivity index (χ2n) is 4.29. The fourth-order valence-electron chi connectivity index (χ4n) is 1.38. The molecule has 0 saturated carbocycles. The fourth-order valence-corrected chi connectivity index (χ4v) is 2.17. The van der Waals surface area contributed by atoms with Gasteiger partial charge in [-0.3, -0.25) is 4.79 Å². The van der Waals surface area contributed by atoms with Gasteiger partial charge in [0, 0.05) is 0 Å². The number of carbonyl (C=O) groups is 1. The lowest BCUT2D eigenvalue weighted by molar-refractivity contribution is 0.111. The van der Waals surface area contributed by atoms with Gasteiger partial charge in [0.15, 0.2) is 16.1 Å². The molecular formula is C13H18O5S. The van der Waals surface area contributed by atoms with Gasteiger partial charge in [-0.15, -0.1) is 0 Å². The minimum absolute atomic E-state index is 0.0215. The molecular weight excluding hydrogens is 268 g/mol. The lowest BCUT2D eigenvalue weighted by Crippen LogP contribution is -2.22. The molecule has 0 bridgehead atoms. The van der Waals surface area contributed by atoms with Crippen molar-refractivity contribution in [2.75, 3.05) is 19.5 Å². The van der Waals surface area contributed by atoms with E-state index in [4.69, 9.17) is 9.47 Å². The summed E-state index contributed by atoms with van der Waals surface area (Å²) in [5, 5.41) is -0.433. The van der Waals surface area contributed by atoms with Gasteiger partial charge in [0.05, 0.1) is 23.7 Å². The second-order valence-corrected chi connectivity index (χ2v) is 6.96. The summed E-state index contributed by atoms with van der Waals surface area (Å²) in [7, 11) is -1.64. The lowest BCUT2D eigenvalue weighted by Gasteiger charge is -2.11. The van der Waals surface area contributed by atoms with Gasteiger partial charge in [-0.25, -0.2) is 8.42 Å². The van der Waals surface area contributed by atoms with E-state index in [1.165, 1.54) is 7.11 Å². The Balaban J connectivity index is 2.71. The van der Waals surface area contributed by atoms with E-state index in [2.05, 4.69) is 0 Å². The van der Waals surface area contributed by atoms with Crippen LogP contribution >= 0.6 is 0 Å². The number of hydrogen-bond donors (Lipinski definition) is 0. The van der Waals surface area contributed by atoms with Crippen molar-refractivity contribution in [2.45, 2.75) is 19.1 Å². The van der Waals surface area contributed by atoms with Crippen molar-refractivity contribution >= 4 is 16.1 Å². The van der Waals surface area contributed by atoms with Crippen LogP contribution in [-0.2, 0) is 9.84 Å². The van der Waals surface area contributed by atoms with Gasteiger partial charge >= 0.3 is 0 Å². The Morgan fingerprint density at radius 1 is 1.32 bits per heavy atom. The van der Waals surface area contributed by atoms with Crippen molar-refractivity contribution < 1.29 is 22.7 Å². The highest BCUT2D eigenvalue weighted by Crippen LogP contribution is 2.22. The van der Waals surface area contributed by atoms with Crippen LogP contribution in [0.15, 0.2) is 18.2 Å². The molecule has 0 amide bonds. The van der Waals surface area contributed by atoms with E-state index in [0.717, 1.165) is 0 Å². The molecule has 1 aromatic carbocycles. The van der Waals surface area contributed by atoms with Crippen molar-refractivity contribution in [1.29, 1.82) is 0 Å². The highest BCUT2D eigenvalue weighted by atomic mass is 32.2. The van der Waals surface area contributed by atoms with Gasteiger partial charge in [0.1, 0.15) is 18.1 Å². The maximum Gasteiger partial charge on any atom is 0.155 e. The van der Waals surface area contributed by atoms with Crippen LogP contribution in [0.25, 0.3) is 0 Å². The molecule has 0 aliphatic carbocycles. The number of rotatable bonds is 7. The van der Waals surface area contributed by atoms with Crippen molar-refractivity contribution in [3.63, 3.8) is 0 Å². The maximum atomic E-state index is 11.6. The number of hydrogen-bond acceptors (Lipinski definition) is 5. The van der Waals surface area contributed by atoms with E-state index in [-0.39, 0.29) is 12.4 Å². The first-order valence-electron chi connectivity index (χ1n) is 5.88. The standard InChI is InChI=1S/C13H18O5S/c1-10(2)19(15,16)7-6-18-13-5-4-12(17-3)8-11(13)9-14/h4-5,8-10H,6-7H2,1-3H3. The minimum Gasteiger partial charge on any atom is -0.497 e. The van der Waals surface area contributed by atoms with Gasteiger partial charge in [0.25, 0.3) is 0 Å². The molecule has 0 spiro atoms. The fraction of sp³-hybridized carbons (Fsp3) is 0.462. The largest absolute Gasteiger partial charge is 0.497 e. The zero-order valence-corrected chi connectivity index (χ0v) is 12.1. The molecule has 0 saturated heterocycles. The summed E-state index contributed by atoms with van der Waals surface area (Å²) >= 11 is 0. The second kappa shape index (κ2) is 6.56. The van der Waals surface area contributed by atoms with Crippen LogP contribution in [0.2, 0.25) is 0 Å². The van der Waals surface area contributed by atoms with E-state index >= 15 is 0 Å². The zero-order chi connectivity index (χ0) is 14.5. The van der Waals surface area contributed by atoms with Crippen LogP contribution < -0.4 is 9.47 Å². The molecule has 5 nitrogen and oxygen atoms in total. The van der Waals surface area contributed by atoms with Crippen LogP contribution in [0.3, 0.4) is 0 Å². The molecule has 0 heterocycles. The number of sulfone groups is 1. The molecule has 0 N–H and O–H groups in total. The molecule has 0 aromatic heterocycles. The molecule has 0 radical (unpaired) electrons. The average Bonchev–Trinajstić information content (AvgIpc) is 2.38. The first kappa shape index (κ1) is 15.5. The maximum absolute atomic E-state index is 11.6. The summed E-state index contributed by atoms with van der Waals surface area (Å²) in [6.07, 6.45) is 0.648. The number of carbonyl (C=O) groups excluding carboxylic acids is 1. The topological polar surface area (TPSA) is 69.7 Å². The lowest BCUT2D eigenvalue weighted by atomic mass is 10.2. The Labute approximate surface area is 113 Å². The van der Waals surface area contributed by atoms with E-state index in [0.29, 0.717) is 23.3 Å². The summed E-state index contributed by atoms with van der Waals surface area (Å²) in [5.74, 6) is 0.827. The average molecular weight is 286 g/mol. The molecule has 6 heteroatoms. The Kier molecular flexibility index (Phi) is 5.35. The van der Waals surface area contributed by atoms with E-state index in [9.17, 15) is 13.2 Å². The van der Waals surface area contributed by atoms with Gasteiger partial charge in [0.2, 0.25) is 0 Å². The van der Waals surface area contributed by atoms with Gasteiger partial charge in [-0.2, -0.15) is 0 Å². The quantitative estimate of drug-likeness (QED) is 0.714. The Morgan fingerprint density at radius 2 is 2.00 bits per heavy atom. The van der Waals surface area contributed by atoms with E-state index in [1.54, 1.807) is 32.0 Å². The highest BCUT2D eigenvalue weighted by molar-refractivity contribution is 7.91. The summed E-state index contributed by atoms with van der Waals surface area (Å²) in [5.41, 5.74) is 0.335. The summed E-state index contributed by atoms with van der Waals surface area (Å²) in [4.78, 5) is 10.9. The SMILES string of the molecule is COc1ccc(OCCS(=O)(=O)C(C)C)c(C=O)c1. The molecule has 0 atom stereocenters. The normalized spacial score (nSPS) is 11.4. The first-order chi connectivity index (χ1) is 8.90. The number of benzene rings is 1. The van der Waals surface area contributed by atoms with Gasteiger partial charge in [-0.1, -0.05) is 0 Å². The summed E-state index contributed by atoms with van der Waals surface area (Å²) in [6.45, 7) is 3.27. The Bertz CT molecular complexity index is 534. The van der Waals surface area contributed by atoms with E-state index < -0.39 is 15.1 Å². The van der Waals surface area contributed by atoms with Crippen LogP contribution in [0, 0.1) is 0 Å². The third kappa shape index (κ3) is 4.24. The molecule has 1 aromatic rings. The van der Waals surface area contributed by atoms with Crippen molar-refractivity contribution in [2.24, 2.45) is 0 Å². The number of ether oxygens (including phenoxy) is 2. The zero-order valence-electron chi connectivity index (χ0n) is 11.3. The van der Waals surface area contributed by atoms with Crippen molar-refractivity contribution in [1.82, 2.24) is 0 Å². The third-order valence-electron chi connectivity index (χ3n) is 2.69. The highest BCUT2D eigenvalue weighted by Gasteiger charge is 2.16. The van der Waals surface area contributed by atoms with Crippen molar-refractivity contribution in [3.8, 4) is 11.5 Å². The van der Waals surface area contributed by atoms with Crippen LogP contribution in [0.4, 0.5) is 0 Å². The number of aldehydes is 1. The minimum atomic E-state index is -3.14. The molecule has 0 aliphatic heterocycles. The first-order valence-corrected chi connectivity index (χ1v) is 7.60. The Morgan fingerprint density at radius 3 is 2.53 bits per heavy atom. The monoisotopic (exact) mass is 286 g/mol. The molecule has 0 fully saturated rings. The number of methoxy groups -OCH3 is 1. The molecule has 106 valence electrons. The van der Waals surface area contributed by atoms with Crippen LogP contribution in [0.1, 0.15) is 24.2 Å². The smallest absolute Gasteiger partial charge is 0.155 e. The molecule has 19 heavy (non-hydrogen) atoms. The van der Waals surface area contributed by atoms with Crippen LogP contribution in [0.5, 0.6) is 11.5 Å². The van der Waals surface area contributed by atoms with Gasteiger partial charge in [-0.05, 0) is 32.0 Å². The Hall–Kier alpha value is -1.56. The summed E-state index contributed by atoms with van der Waals surface area (Å²) in [6, 6.07) is 4.78. The summed E-state index contributed by atoms with van der Waals surface area (Å²) < 4.78 is 33.6. The van der Waals surface area contributed by atoms with Crippen molar-refractivity contribution in [3.05, 3.63) is 23.8 Å². The predicted octanol–water partition coefficient (Wildman–Crippen LogP) is 1.71. The van der Waals surface area contributed by atoms with Crippen LogP contribution in [-0.4, -0.2) is 39.4 Å². The molecule has 0 aliphatic rings. The van der Waals surface area contributed by atoms with Gasteiger partial charge < -0.3 is 9.47 Å². The molecule has 1 rings (SSSR count). The third-order valence-corrected chi connectivity index (χ3v) is 4.86.